The average Bonchev–Trinajstić information content (AvgIpc) is 2.88. The van der Waals surface area contributed by atoms with Crippen LogP contribution < -0.4 is 9.62 Å². The molecule has 0 saturated carbocycles. The van der Waals surface area contributed by atoms with Crippen LogP contribution in [0.1, 0.15) is 11.1 Å². The largest absolute Gasteiger partial charge is 0.379 e. The lowest BCUT2D eigenvalue weighted by Gasteiger charge is -2.26. The third-order valence-electron chi connectivity index (χ3n) is 5.79. The van der Waals surface area contributed by atoms with E-state index in [-0.39, 0.29) is 22.2 Å². The molecule has 0 aliphatic carbocycles. The molecule has 3 aromatic carbocycles. The van der Waals surface area contributed by atoms with E-state index in [2.05, 4.69) is 16.3 Å². The van der Waals surface area contributed by atoms with E-state index in [1.165, 1.54) is 30.3 Å². The van der Waals surface area contributed by atoms with Gasteiger partial charge in [0.05, 0.1) is 28.8 Å². The topological polar surface area (TPSA) is 79.0 Å². The minimum Gasteiger partial charge on any atom is -0.379 e. The monoisotopic (exact) mass is 547 g/mol. The summed E-state index contributed by atoms with van der Waals surface area (Å²) in [7, 11) is -4.06. The summed E-state index contributed by atoms with van der Waals surface area (Å²) >= 11 is 12.3. The first-order valence-electron chi connectivity index (χ1n) is 11.5. The van der Waals surface area contributed by atoms with Gasteiger partial charge in [0.1, 0.15) is 6.54 Å². The number of morpholine rings is 1. The second kappa shape index (κ2) is 12.1. The lowest BCUT2D eigenvalue weighted by Crippen LogP contribution is -2.40. The van der Waals surface area contributed by atoms with Crippen molar-refractivity contribution in [3.05, 3.63) is 94.0 Å². The minimum atomic E-state index is -4.06. The molecule has 1 heterocycles. The highest BCUT2D eigenvalue weighted by Crippen LogP contribution is 2.32. The van der Waals surface area contributed by atoms with Gasteiger partial charge in [-0.3, -0.25) is 14.0 Å². The van der Waals surface area contributed by atoms with E-state index in [0.717, 1.165) is 48.3 Å². The van der Waals surface area contributed by atoms with Gasteiger partial charge in [-0.05, 0) is 41.5 Å². The van der Waals surface area contributed by atoms with Crippen molar-refractivity contribution in [2.45, 2.75) is 18.0 Å². The molecule has 1 aliphatic rings. The number of halogens is 2. The highest BCUT2D eigenvalue weighted by molar-refractivity contribution is 7.92. The Morgan fingerprint density at radius 3 is 2.39 bits per heavy atom. The van der Waals surface area contributed by atoms with Crippen LogP contribution in [0.4, 0.5) is 5.69 Å². The zero-order chi connectivity index (χ0) is 25.5. The Morgan fingerprint density at radius 2 is 1.67 bits per heavy atom. The van der Waals surface area contributed by atoms with Gasteiger partial charge in [0, 0.05) is 31.2 Å². The van der Waals surface area contributed by atoms with Crippen molar-refractivity contribution in [3.63, 3.8) is 0 Å². The first-order chi connectivity index (χ1) is 17.3. The van der Waals surface area contributed by atoms with Crippen LogP contribution >= 0.6 is 23.2 Å². The maximum atomic E-state index is 13.5. The number of ether oxygens (including phenoxy) is 1. The van der Waals surface area contributed by atoms with Crippen molar-refractivity contribution in [1.82, 2.24) is 10.2 Å². The fourth-order valence-corrected chi connectivity index (χ4v) is 5.97. The molecule has 3 aromatic rings. The number of carbonyl (C=O) groups excluding carboxylic acids is 1. The molecule has 0 bridgehead atoms. The van der Waals surface area contributed by atoms with Crippen LogP contribution in [-0.4, -0.2) is 52.1 Å². The Balaban J connectivity index is 1.48. The Bertz CT molecular complexity index is 1300. The Labute approximate surface area is 221 Å². The van der Waals surface area contributed by atoms with E-state index in [9.17, 15) is 13.2 Å². The first kappa shape index (κ1) is 26.4. The van der Waals surface area contributed by atoms with Crippen LogP contribution in [-0.2, 0) is 32.6 Å². The van der Waals surface area contributed by atoms with Crippen molar-refractivity contribution >= 4 is 44.8 Å². The number of hydrogen-bond donors (Lipinski definition) is 1. The van der Waals surface area contributed by atoms with Gasteiger partial charge in [0.2, 0.25) is 5.91 Å². The van der Waals surface area contributed by atoms with Crippen molar-refractivity contribution in [3.8, 4) is 0 Å². The third-order valence-corrected chi connectivity index (χ3v) is 8.10. The van der Waals surface area contributed by atoms with Gasteiger partial charge < -0.3 is 10.1 Å². The third kappa shape index (κ3) is 6.78. The smallest absolute Gasteiger partial charge is 0.264 e. The predicted molar refractivity (Wildman–Crippen MR) is 142 cm³/mol. The van der Waals surface area contributed by atoms with Crippen molar-refractivity contribution in [2.24, 2.45) is 0 Å². The number of rotatable bonds is 9. The molecule has 1 amide bonds. The second-order valence-corrected chi connectivity index (χ2v) is 11.1. The molecule has 0 unspecified atom stereocenters. The van der Waals surface area contributed by atoms with Gasteiger partial charge in [0.25, 0.3) is 10.0 Å². The summed E-state index contributed by atoms with van der Waals surface area (Å²) in [5, 5.41) is 3.33. The van der Waals surface area contributed by atoms with E-state index in [1.807, 2.05) is 18.2 Å². The van der Waals surface area contributed by atoms with Crippen molar-refractivity contribution in [1.29, 1.82) is 0 Å². The summed E-state index contributed by atoms with van der Waals surface area (Å²) in [5.41, 5.74) is 2.24. The van der Waals surface area contributed by atoms with E-state index in [4.69, 9.17) is 27.9 Å². The maximum Gasteiger partial charge on any atom is 0.264 e. The molecule has 7 nitrogen and oxygen atoms in total. The molecule has 1 fully saturated rings. The maximum absolute atomic E-state index is 13.5. The highest BCUT2D eigenvalue weighted by Gasteiger charge is 2.28. The van der Waals surface area contributed by atoms with Crippen LogP contribution in [0.25, 0.3) is 0 Å². The second-order valence-electron chi connectivity index (χ2n) is 8.41. The predicted octanol–water partition coefficient (Wildman–Crippen LogP) is 4.34. The van der Waals surface area contributed by atoms with Crippen LogP contribution in [0.3, 0.4) is 0 Å². The standard InChI is InChI=1S/C26H27Cl2N3O4S/c27-22-9-10-25(24(28)16-22)31(36(33,34)23-7-2-1-3-8-23)19-26(32)29-17-20-5-4-6-21(15-20)18-30-11-13-35-14-12-30/h1-10,15-16H,11-14,17-19H2,(H,29,32). The SMILES string of the molecule is O=C(CN(c1ccc(Cl)cc1Cl)S(=O)(=O)c1ccccc1)NCc1cccc(CN2CCOCC2)c1. The van der Waals surface area contributed by atoms with Crippen LogP contribution in [0.5, 0.6) is 0 Å². The molecule has 1 saturated heterocycles. The molecule has 190 valence electrons. The summed E-state index contributed by atoms with van der Waals surface area (Å²) in [5.74, 6) is -0.459. The van der Waals surface area contributed by atoms with Crippen LogP contribution in [0.15, 0.2) is 77.7 Å². The van der Waals surface area contributed by atoms with Gasteiger partial charge in [0.15, 0.2) is 0 Å². The minimum absolute atomic E-state index is 0.0552. The summed E-state index contributed by atoms with van der Waals surface area (Å²) < 4.78 is 33.3. The summed E-state index contributed by atoms with van der Waals surface area (Å²) in [6.07, 6.45) is 0. The van der Waals surface area contributed by atoms with Gasteiger partial charge >= 0.3 is 0 Å². The molecule has 10 heteroatoms. The number of nitrogens with zero attached hydrogens (tertiary/aromatic N) is 2. The average molecular weight is 548 g/mol. The molecule has 0 radical (unpaired) electrons. The van der Waals surface area contributed by atoms with E-state index >= 15 is 0 Å². The molecule has 0 atom stereocenters. The van der Waals surface area contributed by atoms with Crippen molar-refractivity contribution < 1.29 is 17.9 Å². The van der Waals surface area contributed by atoms with Crippen molar-refractivity contribution in [2.75, 3.05) is 37.2 Å². The van der Waals surface area contributed by atoms with E-state index < -0.39 is 22.5 Å². The van der Waals surface area contributed by atoms with Crippen LogP contribution in [0.2, 0.25) is 10.0 Å². The number of carbonyl (C=O) groups is 1. The number of hydrogen-bond acceptors (Lipinski definition) is 5. The van der Waals surface area contributed by atoms with Crippen LogP contribution in [0, 0.1) is 0 Å². The Kier molecular flexibility index (Phi) is 8.87. The van der Waals surface area contributed by atoms with Gasteiger partial charge in [-0.1, -0.05) is 65.7 Å². The summed E-state index contributed by atoms with van der Waals surface area (Å²) in [4.78, 5) is 15.3. The number of benzene rings is 3. The zero-order valence-corrected chi connectivity index (χ0v) is 21.9. The molecular formula is C26H27Cl2N3O4S. The zero-order valence-electron chi connectivity index (χ0n) is 19.6. The van der Waals surface area contributed by atoms with Gasteiger partial charge in [-0.25, -0.2) is 8.42 Å². The molecule has 4 rings (SSSR count). The number of sulfonamides is 1. The summed E-state index contributed by atoms with van der Waals surface area (Å²) in [6, 6.07) is 20.4. The van der Waals surface area contributed by atoms with E-state index in [1.54, 1.807) is 18.2 Å². The fraction of sp³-hybridized carbons (Fsp3) is 0.269. The fourth-order valence-electron chi connectivity index (χ4n) is 3.95. The first-order valence-corrected chi connectivity index (χ1v) is 13.7. The van der Waals surface area contributed by atoms with Gasteiger partial charge in [-0.15, -0.1) is 0 Å². The lowest BCUT2D eigenvalue weighted by molar-refractivity contribution is -0.119. The Hall–Kier alpha value is -2.62. The number of amides is 1. The molecule has 0 spiro atoms. The lowest BCUT2D eigenvalue weighted by atomic mass is 10.1. The molecule has 0 aromatic heterocycles. The quantitative estimate of drug-likeness (QED) is 0.431. The summed E-state index contributed by atoms with van der Waals surface area (Å²) in [6.45, 7) is 3.88. The number of nitrogens with one attached hydrogen (secondary N) is 1. The highest BCUT2D eigenvalue weighted by atomic mass is 35.5. The molecule has 36 heavy (non-hydrogen) atoms. The van der Waals surface area contributed by atoms with Gasteiger partial charge in [-0.2, -0.15) is 0 Å². The Morgan fingerprint density at radius 1 is 0.944 bits per heavy atom. The molecule has 1 aliphatic heterocycles. The normalized spacial score (nSPS) is 14.4. The van der Waals surface area contributed by atoms with E-state index in [0.29, 0.717) is 5.02 Å². The molecule has 1 N–H and O–H groups in total. The molecular weight excluding hydrogens is 521 g/mol. The number of anilines is 1.